The monoisotopic (exact) mass is 554 g/mol. The molecule has 9 fully saturated rings. The van der Waals surface area contributed by atoms with Gasteiger partial charge >= 0.3 is 17.9 Å². The summed E-state index contributed by atoms with van der Waals surface area (Å²) in [6.45, 7) is 12.9. The van der Waals surface area contributed by atoms with Gasteiger partial charge in [-0.2, -0.15) is 0 Å². The van der Waals surface area contributed by atoms with Crippen LogP contribution in [-0.4, -0.2) is 62.0 Å². The van der Waals surface area contributed by atoms with E-state index in [4.69, 9.17) is 28.4 Å². The number of fused-ring (bicyclic) bond motifs is 5. The maximum Gasteiger partial charge on any atom is 0.309 e. The van der Waals surface area contributed by atoms with Gasteiger partial charge < -0.3 is 28.4 Å². The van der Waals surface area contributed by atoms with Crippen LogP contribution in [0, 0.1) is 29.6 Å². The fourth-order valence-electron chi connectivity index (χ4n) is 7.04. The summed E-state index contributed by atoms with van der Waals surface area (Å²) in [5, 5.41) is 0. The highest BCUT2D eigenvalue weighted by Crippen LogP contribution is 2.47. The predicted molar refractivity (Wildman–Crippen MR) is 143 cm³/mol. The lowest BCUT2D eigenvalue weighted by Gasteiger charge is -2.35. The number of hydrogen-bond donors (Lipinski definition) is 0. The van der Waals surface area contributed by atoms with E-state index in [9.17, 15) is 14.4 Å². The standard InChI is InChI=1S/C10H14O2.C7H8O5.C7H10O2.3C2H6/c11-10-8-2-6-1-7(3-8)5-9(4-6)12-10;8-4-1-3-5(12-4)6-7(11-3)10-2-9-6;8-7-6-3-1-2-5(6)4-9-7;3*1-2/h6-9H,1-5H2;3,5-7H,1-2H2;5-6H,1-4H2;3*1-2H3. The maximum atomic E-state index is 11.4. The van der Waals surface area contributed by atoms with E-state index < -0.39 is 0 Å². The number of hydrogen-bond acceptors (Lipinski definition) is 9. The highest BCUT2D eigenvalue weighted by atomic mass is 16.8. The molecule has 0 N–H and O–H groups in total. The Balaban J connectivity index is 0.000000149. The molecule has 9 rings (SSSR count). The van der Waals surface area contributed by atoms with Gasteiger partial charge in [0, 0.05) is 5.92 Å². The van der Waals surface area contributed by atoms with Crippen molar-refractivity contribution in [3.8, 4) is 0 Å². The lowest BCUT2D eigenvalue weighted by molar-refractivity contribution is -0.151. The first-order chi connectivity index (χ1) is 19.0. The first-order valence-corrected chi connectivity index (χ1v) is 15.5. The highest BCUT2D eigenvalue weighted by molar-refractivity contribution is 5.75. The number of rotatable bonds is 0. The quantitative estimate of drug-likeness (QED) is 0.296. The van der Waals surface area contributed by atoms with E-state index in [0.29, 0.717) is 18.9 Å². The maximum absolute atomic E-state index is 11.4. The van der Waals surface area contributed by atoms with Crippen molar-refractivity contribution in [2.45, 2.75) is 130 Å². The van der Waals surface area contributed by atoms with Crippen molar-refractivity contribution in [2.24, 2.45) is 29.6 Å². The Morgan fingerprint density at radius 2 is 1.41 bits per heavy atom. The molecule has 3 saturated carbocycles. The lowest BCUT2D eigenvalue weighted by atomic mass is 9.68. The summed E-state index contributed by atoms with van der Waals surface area (Å²) in [6, 6.07) is 0. The van der Waals surface area contributed by atoms with Crippen molar-refractivity contribution < 1.29 is 42.8 Å². The molecule has 224 valence electrons. The van der Waals surface area contributed by atoms with Gasteiger partial charge in [0.25, 0.3) is 0 Å². The van der Waals surface area contributed by atoms with E-state index in [1.165, 1.54) is 19.3 Å². The molecule has 6 saturated heterocycles. The predicted octanol–water partition coefficient (Wildman–Crippen LogP) is 5.18. The SMILES string of the molecule is CC.CC.CC.O=C1CC2OC3OCOC3C2O1.O=C1OC2CC3CC(C2)CC1C3.O=C1OCC2CCCC12. The van der Waals surface area contributed by atoms with Gasteiger partial charge in [0.05, 0.1) is 24.9 Å². The van der Waals surface area contributed by atoms with Crippen LogP contribution in [0.2, 0.25) is 0 Å². The zero-order valence-electron chi connectivity index (χ0n) is 24.7. The Morgan fingerprint density at radius 3 is 2.08 bits per heavy atom. The van der Waals surface area contributed by atoms with E-state index >= 15 is 0 Å². The Bertz CT molecular complexity index is 787. The Labute approximate surface area is 233 Å². The minimum Gasteiger partial charge on any atom is -0.465 e. The van der Waals surface area contributed by atoms with Gasteiger partial charge in [-0.1, -0.05) is 48.0 Å². The molecule has 0 spiro atoms. The fraction of sp³-hybridized carbons (Fsp3) is 0.900. The Hall–Kier alpha value is -1.71. The van der Waals surface area contributed by atoms with Gasteiger partial charge in [-0.15, -0.1) is 0 Å². The van der Waals surface area contributed by atoms with Crippen molar-refractivity contribution in [3.05, 3.63) is 0 Å². The van der Waals surface area contributed by atoms with E-state index in [2.05, 4.69) is 0 Å². The summed E-state index contributed by atoms with van der Waals surface area (Å²) in [4.78, 5) is 33.1. The van der Waals surface area contributed by atoms with Crippen LogP contribution in [0.15, 0.2) is 0 Å². The minimum atomic E-state index is -0.326. The largest absolute Gasteiger partial charge is 0.465 e. The molecular formula is C30H50O9. The third-order valence-electron chi connectivity index (χ3n) is 8.51. The van der Waals surface area contributed by atoms with Gasteiger partial charge in [-0.05, 0) is 56.8 Å². The van der Waals surface area contributed by atoms with Crippen molar-refractivity contribution in [3.63, 3.8) is 0 Å². The molecule has 8 atom stereocenters. The van der Waals surface area contributed by atoms with Gasteiger partial charge in [0.15, 0.2) is 25.3 Å². The first kappa shape index (κ1) is 31.8. The van der Waals surface area contributed by atoms with Gasteiger partial charge in [-0.3, -0.25) is 14.4 Å². The first-order valence-electron chi connectivity index (χ1n) is 15.5. The summed E-state index contributed by atoms with van der Waals surface area (Å²) < 4.78 is 31.0. The van der Waals surface area contributed by atoms with Gasteiger partial charge in [0.1, 0.15) is 12.2 Å². The molecule has 9 heteroatoms. The molecule has 6 aliphatic heterocycles. The second kappa shape index (κ2) is 15.3. The molecule has 0 aromatic carbocycles. The third-order valence-corrected chi connectivity index (χ3v) is 8.51. The molecule has 9 nitrogen and oxygen atoms in total. The van der Waals surface area contributed by atoms with Crippen LogP contribution in [0.4, 0.5) is 0 Å². The minimum absolute atomic E-state index is 0.0532. The molecular weight excluding hydrogens is 504 g/mol. The van der Waals surface area contributed by atoms with E-state index in [1.807, 2.05) is 41.5 Å². The van der Waals surface area contributed by atoms with Crippen LogP contribution in [0.25, 0.3) is 0 Å². The van der Waals surface area contributed by atoms with E-state index in [1.54, 1.807) is 0 Å². The van der Waals surface area contributed by atoms with E-state index in [-0.39, 0.29) is 67.2 Å². The number of carbonyl (C=O) groups is 3. The molecule has 0 radical (unpaired) electrons. The van der Waals surface area contributed by atoms with Crippen molar-refractivity contribution in [1.29, 1.82) is 0 Å². The molecule has 0 aromatic heterocycles. The van der Waals surface area contributed by atoms with Crippen LogP contribution in [-0.2, 0) is 42.8 Å². The van der Waals surface area contributed by atoms with E-state index in [0.717, 1.165) is 43.9 Å². The molecule has 8 unspecified atom stereocenters. The fourth-order valence-corrected chi connectivity index (χ4v) is 7.04. The van der Waals surface area contributed by atoms with Gasteiger partial charge in [-0.25, -0.2) is 0 Å². The summed E-state index contributed by atoms with van der Waals surface area (Å²) in [5.74, 6) is 2.68. The molecule has 4 bridgehead atoms. The van der Waals surface area contributed by atoms with Crippen molar-refractivity contribution in [1.82, 2.24) is 0 Å². The highest BCUT2D eigenvalue weighted by Gasteiger charge is 2.55. The van der Waals surface area contributed by atoms with Crippen LogP contribution >= 0.6 is 0 Å². The molecule has 3 aliphatic carbocycles. The van der Waals surface area contributed by atoms with Crippen LogP contribution < -0.4 is 0 Å². The Kier molecular flexibility index (Phi) is 12.5. The second-order valence-corrected chi connectivity index (χ2v) is 10.7. The Morgan fingerprint density at radius 1 is 0.718 bits per heavy atom. The smallest absolute Gasteiger partial charge is 0.309 e. The molecule has 0 amide bonds. The summed E-state index contributed by atoms with van der Waals surface area (Å²) in [5.41, 5.74) is 0. The third kappa shape index (κ3) is 7.53. The molecule has 6 heterocycles. The zero-order valence-corrected chi connectivity index (χ0v) is 24.7. The van der Waals surface area contributed by atoms with Gasteiger partial charge in [0.2, 0.25) is 0 Å². The topological polar surface area (TPSA) is 107 Å². The number of cyclic esters (lactones) is 1. The second-order valence-electron chi connectivity index (χ2n) is 10.7. The van der Waals surface area contributed by atoms with Crippen molar-refractivity contribution >= 4 is 17.9 Å². The lowest BCUT2D eigenvalue weighted by Crippen LogP contribution is -2.30. The molecule has 39 heavy (non-hydrogen) atoms. The van der Waals surface area contributed by atoms with Crippen molar-refractivity contribution in [2.75, 3.05) is 13.4 Å². The molecule has 0 aromatic rings. The number of carbonyl (C=O) groups excluding carboxylic acids is 3. The average Bonchev–Trinajstić information content (AvgIpc) is 3.76. The zero-order chi connectivity index (χ0) is 28.5. The average molecular weight is 555 g/mol. The van der Waals surface area contributed by atoms with Crippen LogP contribution in [0.5, 0.6) is 0 Å². The van der Waals surface area contributed by atoms with Crippen LogP contribution in [0.1, 0.15) is 99.3 Å². The summed E-state index contributed by atoms with van der Waals surface area (Å²) in [7, 11) is 0. The normalized spacial score (nSPS) is 40.9. The van der Waals surface area contributed by atoms with Crippen LogP contribution in [0.3, 0.4) is 0 Å². The molecule has 9 aliphatic rings. The number of esters is 3. The summed E-state index contributed by atoms with van der Waals surface area (Å²) in [6.07, 6.45) is 9.08. The summed E-state index contributed by atoms with van der Waals surface area (Å²) >= 11 is 0. The number of ether oxygens (including phenoxy) is 6.